The van der Waals surface area contributed by atoms with Crippen LogP contribution in [0.25, 0.3) is 0 Å². The van der Waals surface area contributed by atoms with E-state index < -0.39 is 46.1 Å². The van der Waals surface area contributed by atoms with Gasteiger partial charge in [0.2, 0.25) is 17.3 Å². The molecule has 8 nitrogen and oxygen atoms in total. The first-order valence-corrected chi connectivity index (χ1v) is 6.57. The number of phenolic OH excluding ortho intramolecular Hbond substituents is 2. The number of carbonyl (C=O) groups excluding carboxylic acids is 2. The van der Waals surface area contributed by atoms with Crippen molar-refractivity contribution in [2.75, 3.05) is 21.3 Å². The fraction of sp³-hybridized carbons (Fsp3) is 0.333. The lowest BCUT2D eigenvalue weighted by Gasteiger charge is -2.24. The maximum absolute atomic E-state index is 12.6. The molecule has 0 bridgehead atoms. The summed E-state index contributed by atoms with van der Waals surface area (Å²) in [6.45, 7) is 1.28. The summed E-state index contributed by atoms with van der Waals surface area (Å²) in [5.41, 5.74) is -1.25. The Morgan fingerprint density at radius 2 is 1.26 bits per heavy atom. The number of aromatic hydroxyl groups is 2. The highest BCUT2D eigenvalue weighted by Crippen LogP contribution is 2.51. The third kappa shape index (κ3) is 2.18. The number of Topliss-reactive ketones (excluding diaryl/α,β-unsaturated/α-hetero) is 2. The lowest BCUT2D eigenvalue weighted by molar-refractivity contribution is 0.0865. The summed E-state index contributed by atoms with van der Waals surface area (Å²) in [5.74, 6) is -4.01. The van der Waals surface area contributed by atoms with E-state index in [0.29, 0.717) is 0 Å². The van der Waals surface area contributed by atoms with Crippen molar-refractivity contribution in [3.8, 4) is 23.0 Å². The highest BCUT2D eigenvalue weighted by atomic mass is 16.5. The number of ether oxygens (including phenoxy) is 3. The van der Waals surface area contributed by atoms with Crippen LogP contribution in [0, 0.1) is 0 Å². The number of benzene rings is 1. The summed E-state index contributed by atoms with van der Waals surface area (Å²) in [6.07, 6.45) is -1.32. The minimum absolute atomic E-state index is 0.291. The van der Waals surface area contributed by atoms with Crippen molar-refractivity contribution in [3.63, 3.8) is 0 Å². The molecule has 0 heterocycles. The van der Waals surface area contributed by atoms with Crippen molar-refractivity contribution in [1.29, 1.82) is 0 Å². The van der Waals surface area contributed by atoms with E-state index in [1.165, 1.54) is 21.1 Å². The average molecular weight is 324 g/mol. The Morgan fingerprint density at radius 3 is 1.61 bits per heavy atom. The average Bonchev–Trinajstić information content (AvgIpc) is 2.51. The Bertz CT molecular complexity index is 730. The van der Waals surface area contributed by atoms with E-state index in [9.17, 15) is 24.9 Å². The van der Waals surface area contributed by atoms with Gasteiger partial charge in [-0.1, -0.05) is 0 Å². The van der Waals surface area contributed by atoms with Crippen LogP contribution in [0.1, 0.15) is 27.6 Å². The smallest absolute Gasteiger partial charge is 0.232 e. The van der Waals surface area contributed by atoms with E-state index in [1.54, 1.807) is 0 Å². The van der Waals surface area contributed by atoms with E-state index in [0.717, 1.165) is 7.11 Å². The maximum Gasteiger partial charge on any atom is 0.232 e. The van der Waals surface area contributed by atoms with Gasteiger partial charge in [0, 0.05) is 0 Å². The van der Waals surface area contributed by atoms with Crippen LogP contribution in [0.15, 0.2) is 11.3 Å². The fourth-order valence-corrected chi connectivity index (χ4v) is 2.56. The molecule has 1 aliphatic rings. The Hall–Kier alpha value is -2.74. The van der Waals surface area contributed by atoms with Gasteiger partial charge in [-0.2, -0.15) is 0 Å². The number of ketones is 2. The molecule has 1 aromatic carbocycles. The standard InChI is InChI=1S/C15H16O8/c1-5(16)6-9(17)7-8(10(18)13(6)21-2)12(20)15(23-4)14(22-3)11(7)19/h5,16,19-20H,1-4H3/t5-/m0/s1. The highest BCUT2D eigenvalue weighted by molar-refractivity contribution is 6.29. The molecular formula is C15H16O8. The molecule has 0 aromatic heterocycles. The van der Waals surface area contributed by atoms with E-state index in [4.69, 9.17) is 14.2 Å². The number of phenols is 2. The third-order valence-electron chi connectivity index (χ3n) is 3.54. The van der Waals surface area contributed by atoms with Gasteiger partial charge in [-0.25, -0.2) is 0 Å². The Balaban J connectivity index is 2.92. The first kappa shape index (κ1) is 16.6. The van der Waals surface area contributed by atoms with Gasteiger partial charge in [-0.15, -0.1) is 0 Å². The molecule has 0 aliphatic heterocycles. The minimum atomic E-state index is -1.32. The van der Waals surface area contributed by atoms with Gasteiger partial charge >= 0.3 is 0 Å². The number of methoxy groups -OCH3 is 3. The second kappa shape index (κ2) is 5.81. The second-order valence-electron chi connectivity index (χ2n) is 4.79. The topological polar surface area (TPSA) is 123 Å². The predicted octanol–water partition coefficient (Wildman–Crippen LogP) is 0.775. The van der Waals surface area contributed by atoms with Gasteiger partial charge < -0.3 is 29.5 Å². The normalized spacial score (nSPS) is 15.3. The summed E-state index contributed by atoms with van der Waals surface area (Å²) >= 11 is 0. The SMILES string of the molecule is COC1=C([C@H](C)O)C(=O)c2c(O)c(OC)c(OC)c(O)c2C1=O. The zero-order valence-electron chi connectivity index (χ0n) is 13.0. The summed E-state index contributed by atoms with van der Waals surface area (Å²) in [4.78, 5) is 25.1. The molecule has 1 atom stereocenters. The number of carbonyl (C=O) groups is 2. The molecule has 0 unspecified atom stereocenters. The zero-order chi connectivity index (χ0) is 17.5. The molecule has 8 heteroatoms. The summed E-state index contributed by atoms with van der Waals surface area (Å²) in [5, 5.41) is 30.3. The number of aliphatic hydroxyl groups excluding tert-OH is 1. The van der Waals surface area contributed by atoms with Crippen LogP contribution in [0.2, 0.25) is 0 Å². The molecule has 0 radical (unpaired) electrons. The molecule has 0 spiro atoms. The van der Waals surface area contributed by atoms with Crippen LogP contribution in [-0.2, 0) is 4.74 Å². The number of rotatable bonds is 4. The van der Waals surface area contributed by atoms with Crippen molar-refractivity contribution in [2.45, 2.75) is 13.0 Å². The van der Waals surface area contributed by atoms with Crippen LogP contribution < -0.4 is 9.47 Å². The van der Waals surface area contributed by atoms with Crippen LogP contribution in [0.5, 0.6) is 23.0 Å². The van der Waals surface area contributed by atoms with Gasteiger partial charge in [-0.05, 0) is 6.92 Å². The number of aliphatic hydroxyl groups is 1. The first-order valence-electron chi connectivity index (χ1n) is 6.57. The van der Waals surface area contributed by atoms with Gasteiger partial charge in [0.05, 0.1) is 44.1 Å². The monoisotopic (exact) mass is 324 g/mol. The largest absolute Gasteiger partial charge is 0.504 e. The summed E-state index contributed by atoms with van der Waals surface area (Å²) in [6, 6.07) is 0. The Morgan fingerprint density at radius 1 is 0.826 bits per heavy atom. The molecule has 0 fully saturated rings. The van der Waals surface area contributed by atoms with E-state index in [1.807, 2.05) is 0 Å². The minimum Gasteiger partial charge on any atom is -0.504 e. The van der Waals surface area contributed by atoms with Crippen molar-refractivity contribution < 1.29 is 39.1 Å². The van der Waals surface area contributed by atoms with E-state index in [-0.39, 0.29) is 17.1 Å². The van der Waals surface area contributed by atoms with Crippen molar-refractivity contribution in [1.82, 2.24) is 0 Å². The van der Waals surface area contributed by atoms with Crippen molar-refractivity contribution in [2.24, 2.45) is 0 Å². The second-order valence-corrected chi connectivity index (χ2v) is 4.79. The molecule has 0 saturated carbocycles. The number of allylic oxidation sites excluding steroid dienone is 1. The van der Waals surface area contributed by atoms with Crippen molar-refractivity contribution >= 4 is 11.6 Å². The molecule has 124 valence electrons. The van der Waals surface area contributed by atoms with Crippen LogP contribution in [0.4, 0.5) is 0 Å². The molecule has 2 rings (SSSR count). The molecule has 1 aromatic rings. The maximum atomic E-state index is 12.6. The lowest BCUT2D eigenvalue weighted by atomic mass is 9.84. The molecule has 3 N–H and O–H groups in total. The zero-order valence-corrected chi connectivity index (χ0v) is 13.0. The summed E-state index contributed by atoms with van der Waals surface area (Å²) < 4.78 is 14.8. The van der Waals surface area contributed by atoms with Crippen molar-refractivity contribution in [3.05, 3.63) is 22.5 Å². The van der Waals surface area contributed by atoms with Gasteiger partial charge in [-0.3, -0.25) is 9.59 Å². The Kier molecular flexibility index (Phi) is 4.20. The molecule has 1 aliphatic carbocycles. The molecule has 0 saturated heterocycles. The number of hydrogen-bond acceptors (Lipinski definition) is 8. The van der Waals surface area contributed by atoms with Gasteiger partial charge in [0.1, 0.15) is 0 Å². The number of hydrogen-bond donors (Lipinski definition) is 3. The third-order valence-corrected chi connectivity index (χ3v) is 3.54. The van der Waals surface area contributed by atoms with Crippen LogP contribution in [0.3, 0.4) is 0 Å². The molecular weight excluding hydrogens is 308 g/mol. The molecule has 23 heavy (non-hydrogen) atoms. The van der Waals surface area contributed by atoms with E-state index in [2.05, 4.69) is 0 Å². The predicted molar refractivity (Wildman–Crippen MR) is 77.3 cm³/mol. The van der Waals surface area contributed by atoms with E-state index >= 15 is 0 Å². The van der Waals surface area contributed by atoms with Crippen LogP contribution >= 0.6 is 0 Å². The van der Waals surface area contributed by atoms with Gasteiger partial charge in [0.15, 0.2) is 23.0 Å². The van der Waals surface area contributed by atoms with Crippen LogP contribution in [-0.4, -0.2) is 54.3 Å². The quantitative estimate of drug-likeness (QED) is 0.694. The lowest BCUT2D eigenvalue weighted by Crippen LogP contribution is -2.28. The number of fused-ring (bicyclic) bond motifs is 1. The highest BCUT2D eigenvalue weighted by Gasteiger charge is 2.42. The summed E-state index contributed by atoms with van der Waals surface area (Å²) in [7, 11) is 3.56. The first-order chi connectivity index (χ1) is 10.8. The Labute approximate surface area is 131 Å². The molecule has 0 amide bonds. The fourth-order valence-electron chi connectivity index (χ4n) is 2.56. The van der Waals surface area contributed by atoms with Gasteiger partial charge in [0.25, 0.3) is 0 Å².